The average Bonchev–Trinajstić information content (AvgIpc) is 2.54. The number of urea groups is 1. The highest BCUT2D eigenvalue weighted by Crippen LogP contribution is 2.18. The lowest BCUT2D eigenvalue weighted by molar-refractivity contribution is 0.184. The minimum Gasteiger partial charge on any atom is -0.489 e. The Balaban J connectivity index is 1.84. The molecule has 6 heteroatoms. The molecule has 0 spiro atoms. The number of carbonyl (C=O) groups excluding carboxylic acids is 1. The number of amides is 2. The molecule has 0 aliphatic carbocycles. The van der Waals surface area contributed by atoms with E-state index in [2.05, 4.69) is 10.6 Å². The Bertz CT molecular complexity index is 660. The fourth-order valence-electron chi connectivity index (χ4n) is 1.98. The SMILES string of the molecule is CC(O)CCNC(=O)Nc1cccc(OCc2ccc(F)cc2)c1. The largest absolute Gasteiger partial charge is 0.489 e. The molecule has 0 bridgehead atoms. The first-order valence-electron chi connectivity index (χ1n) is 7.73. The molecule has 24 heavy (non-hydrogen) atoms. The highest BCUT2D eigenvalue weighted by atomic mass is 19.1. The zero-order chi connectivity index (χ0) is 17.4. The van der Waals surface area contributed by atoms with E-state index in [9.17, 15) is 9.18 Å². The fourth-order valence-corrected chi connectivity index (χ4v) is 1.98. The van der Waals surface area contributed by atoms with Gasteiger partial charge in [-0.15, -0.1) is 0 Å². The number of halogens is 1. The number of hydrogen-bond donors (Lipinski definition) is 3. The van der Waals surface area contributed by atoms with Gasteiger partial charge in [0.1, 0.15) is 18.2 Å². The molecule has 5 nitrogen and oxygen atoms in total. The summed E-state index contributed by atoms with van der Waals surface area (Å²) in [5.41, 5.74) is 1.45. The molecule has 1 atom stereocenters. The Morgan fingerprint density at radius 1 is 1.25 bits per heavy atom. The average molecular weight is 332 g/mol. The van der Waals surface area contributed by atoms with Gasteiger partial charge < -0.3 is 20.5 Å². The van der Waals surface area contributed by atoms with Gasteiger partial charge in [-0.25, -0.2) is 9.18 Å². The molecule has 0 heterocycles. The molecule has 0 saturated carbocycles. The van der Waals surface area contributed by atoms with Crippen LogP contribution in [0.5, 0.6) is 5.75 Å². The molecule has 0 aliphatic heterocycles. The van der Waals surface area contributed by atoms with Gasteiger partial charge in [-0.2, -0.15) is 0 Å². The van der Waals surface area contributed by atoms with Crippen LogP contribution in [0, 0.1) is 5.82 Å². The lowest BCUT2D eigenvalue weighted by Crippen LogP contribution is -2.30. The smallest absolute Gasteiger partial charge is 0.319 e. The van der Waals surface area contributed by atoms with Crippen molar-refractivity contribution in [3.63, 3.8) is 0 Å². The van der Waals surface area contributed by atoms with E-state index in [1.54, 1.807) is 43.3 Å². The number of benzene rings is 2. The molecular weight excluding hydrogens is 311 g/mol. The van der Waals surface area contributed by atoms with Crippen LogP contribution in [-0.2, 0) is 6.61 Å². The summed E-state index contributed by atoms with van der Waals surface area (Å²) >= 11 is 0. The van der Waals surface area contributed by atoms with Crippen LogP contribution in [0.3, 0.4) is 0 Å². The maximum atomic E-state index is 12.9. The standard InChI is InChI=1S/C18H21FN2O3/c1-13(22)9-10-20-18(23)21-16-3-2-4-17(11-16)24-12-14-5-7-15(19)8-6-14/h2-8,11,13,22H,9-10,12H2,1H3,(H2,20,21,23). The fraction of sp³-hybridized carbons (Fsp3) is 0.278. The predicted molar refractivity (Wildman–Crippen MR) is 90.5 cm³/mol. The zero-order valence-electron chi connectivity index (χ0n) is 13.5. The van der Waals surface area contributed by atoms with E-state index < -0.39 is 6.10 Å². The Morgan fingerprint density at radius 3 is 2.71 bits per heavy atom. The van der Waals surface area contributed by atoms with Crippen LogP contribution in [0.1, 0.15) is 18.9 Å². The van der Waals surface area contributed by atoms with Crippen LogP contribution < -0.4 is 15.4 Å². The number of rotatable bonds is 7. The molecule has 2 amide bonds. The summed E-state index contributed by atoms with van der Waals surface area (Å²) in [7, 11) is 0. The van der Waals surface area contributed by atoms with Crippen molar-refractivity contribution < 1.29 is 19.0 Å². The van der Waals surface area contributed by atoms with E-state index in [1.807, 2.05) is 0 Å². The summed E-state index contributed by atoms with van der Waals surface area (Å²) < 4.78 is 18.5. The van der Waals surface area contributed by atoms with Crippen LogP contribution in [-0.4, -0.2) is 23.8 Å². The monoisotopic (exact) mass is 332 g/mol. The Labute approximate surface area is 140 Å². The van der Waals surface area contributed by atoms with E-state index >= 15 is 0 Å². The molecule has 2 rings (SSSR count). The summed E-state index contributed by atoms with van der Waals surface area (Å²) in [6.07, 6.45) is 0.0438. The number of hydrogen-bond acceptors (Lipinski definition) is 3. The van der Waals surface area contributed by atoms with Crippen LogP contribution in [0.4, 0.5) is 14.9 Å². The van der Waals surface area contributed by atoms with E-state index in [1.165, 1.54) is 12.1 Å². The highest BCUT2D eigenvalue weighted by molar-refractivity contribution is 5.89. The van der Waals surface area contributed by atoms with E-state index in [4.69, 9.17) is 9.84 Å². The van der Waals surface area contributed by atoms with Crippen molar-refractivity contribution in [1.82, 2.24) is 5.32 Å². The highest BCUT2D eigenvalue weighted by Gasteiger charge is 2.04. The number of aliphatic hydroxyl groups is 1. The van der Waals surface area contributed by atoms with Crippen LogP contribution in [0.25, 0.3) is 0 Å². The van der Waals surface area contributed by atoms with Crippen LogP contribution in [0.15, 0.2) is 48.5 Å². The minimum absolute atomic E-state index is 0.286. The second kappa shape index (κ2) is 8.88. The van der Waals surface area contributed by atoms with E-state index in [0.717, 1.165) is 5.56 Å². The van der Waals surface area contributed by atoms with Gasteiger partial charge in [0.15, 0.2) is 0 Å². The van der Waals surface area contributed by atoms with Crippen molar-refractivity contribution in [1.29, 1.82) is 0 Å². The molecule has 0 fully saturated rings. The molecule has 0 aromatic heterocycles. The molecule has 3 N–H and O–H groups in total. The van der Waals surface area contributed by atoms with Crippen molar-refractivity contribution in [2.24, 2.45) is 0 Å². The van der Waals surface area contributed by atoms with Gasteiger partial charge >= 0.3 is 6.03 Å². The third kappa shape index (κ3) is 6.26. The van der Waals surface area contributed by atoms with Crippen LogP contribution in [0.2, 0.25) is 0 Å². The Morgan fingerprint density at radius 2 is 2.00 bits per heavy atom. The van der Waals surface area contributed by atoms with Crippen LogP contribution >= 0.6 is 0 Å². The summed E-state index contributed by atoms with van der Waals surface area (Å²) in [4.78, 5) is 11.7. The van der Waals surface area contributed by atoms with Gasteiger partial charge in [-0.1, -0.05) is 18.2 Å². The molecule has 0 radical (unpaired) electrons. The topological polar surface area (TPSA) is 70.6 Å². The third-order valence-electron chi connectivity index (χ3n) is 3.26. The first-order valence-corrected chi connectivity index (χ1v) is 7.73. The molecule has 128 valence electrons. The Hall–Kier alpha value is -2.60. The summed E-state index contributed by atoms with van der Waals surface area (Å²) in [5.74, 6) is 0.313. The molecule has 2 aromatic carbocycles. The van der Waals surface area contributed by atoms with Crippen molar-refractivity contribution in [3.8, 4) is 5.75 Å². The predicted octanol–water partition coefficient (Wildman–Crippen LogP) is 3.30. The lowest BCUT2D eigenvalue weighted by atomic mass is 10.2. The van der Waals surface area contributed by atoms with Gasteiger partial charge in [0.05, 0.1) is 6.10 Å². The number of carbonyl (C=O) groups is 1. The van der Waals surface area contributed by atoms with Crippen molar-refractivity contribution in [2.45, 2.75) is 26.1 Å². The van der Waals surface area contributed by atoms with Crippen molar-refractivity contribution in [2.75, 3.05) is 11.9 Å². The number of aliphatic hydroxyl groups excluding tert-OH is 1. The minimum atomic E-state index is -0.450. The van der Waals surface area contributed by atoms with E-state index in [-0.39, 0.29) is 11.8 Å². The number of ether oxygens (including phenoxy) is 1. The van der Waals surface area contributed by atoms with Gasteiger partial charge in [0.25, 0.3) is 0 Å². The first kappa shape index (κ1) is 17.7. The third-order valence-corrected chi connectivity index (χ3v) is 3.26. The van der Waals surface area contributed by atoms with Gasteiger partial charge in [0, 0.05) is 18.3 Å². The van der Waals surface area contributed by atoms with Gasteiger partial charge in [0.2, 0.25) is 0 Å². The van der Waals surface area contributed by atoms with Gasteiger partial charge in [-0.05, 0) is 43.2 Å². The first-order chi connectivity index (χ1) is 11.5. The molecule has 0 saturated heterocycles. The number of nitrogens with one attached hydrogen (secondary N) is 2. The quantitative estimate of drug-likeness (QED) is 0.728. The zero-order valence-corrected chi connectivity index (χ0v) is 13.5. The molecule has 2 aromatic rings. The second-order valence-corrected chi connectivity index (χ2v) is 5.46. The molecule has 0 aliphatic rings. The Kier molecular flexibility index (Phi) is 6.57. The normalized spacial score (nSPS) is 11.6. The maximum absolute atomic E-state index is 12.9. The van der Waals surface area contributed by atoms with E-state index in [0.29, 0.717) is 31.0 Å². The summed E-state index contributed by atoms with van der Waals surface area (Å²) in [6, 6.07) is 12.7. The molecular formula is C18H21FN2O3. The lowest BCUT2D eigenvalue weighted by Gasteiger charge is -2.11. The second-order valence-electron chi connectivity index (χ2n) is 5.46. The molecule has 1 unspecified atom stereocenters. The van der Waals surface area contributed by atoms with Crippen molar-refractivity contribution >= 4 is 11.7 Å². The summed E-state index contributed by atoms with van der Waals surface area (Å²) in [6.45, 7) is 2.37. The van der Waals surface area contributed by atoms with Crippen molar-refractivity contribution in [3.05, 3.63) is 59.9 Å². The van der Waals surface area contributed by atoms with Gasteiger partial charge in [-0.3, -0.25) is 0 Å². The maximum Gasteiger partial charge on any atom is 0.319 e. The summed E-state index contributed by atoms with van der Waals surface area (Å²) in [5, 5.41) is 14.5. The number of anilines is 1.